The van der Waals surface area contributed by atoms with E-state index in [1.54, 1.807) is 0 Å². The molecule has 23 heavy (non-hydrogen) atoms. The van der Waals surface area contributed by atoms with Gasteiger partial charge in [-0.3, -0.25) is 4.79 Å². The molecule has 2 nitrogen and oxygen atoms in total. The molecule has 0 bridgehead atoms. The first-order chi connectivity index (χ1) is 11.0. The molecule has 0 radical (unpaired) electrons. The van der Waals surface area contributed by atoms with Gasteiger partial charge in [0.25, 0.3) is 0 Å². The molecule has 0 unspecified atom stereocenters. The number of carbonyl (C=O) groups is 1. The summed E-state index contributed by atoms with van der Waals surface area (Å²) in [7, 11) is 4.64. The molecule has 0 aliphatic heterocycles. The number of ketones is 1. The molecule has 0 aliphatic carbocycles. The van der Waals surface area contributed by atoms with Crippen molar-refractivity contribution in [2.24, 2.45) is 0 Å². The van der Waals surface area contributed by atoms with Crippen LogP contribution in [0.15, 0.2) is 12.7 Å². The maximum absolute atomic E-state index is 11.2. The largest absolute Gasteiger partial charge is 0.328 e. The third-order valence-electron chi connectivity index (χ3n) is 4.78. The van der Waals surface area contributed by atoms with Gasteiger partial charge in [-0.2, -0.15) is 0 Å². The van der Waals surface area contributed by atoms with Gasteiger partial charge in [-0.1, -0.05) is 64.9 Å². The van der Waals surface area contributed by atoms with Gasteiger partial charge in [-0.05, 0) is 31.8 Å². The zero-order chi connectivity index (χ0) is 17.4. The number of allylic oxidation sites excluding steroid dienone is 1. The average Bonchev–Trinajstić information content (AvgIpc) is 2.53. The van der Waals surface area contributed by atoms with Gasteiger partial charge in [-0.25, -0.2) is 0 Å². The first-order valence-electron chi connectivity index (χ1n) is 9.99. The van der Waals surface area contributed by atoms with Crippen LogP contribution in [0.3, 0.4) is 0 Å². The van der Waals surface area contributed by atoms with E-state index >= 15 is 0 Å². The Morgan fingerprint density at radius 2 is 1.22 bits per heavy atom. The lowest BCUT2D eigenvalue weighted by molar-refractivity contribution is -0.890. The highest BCUT2D eigenvalue weighted by molar-refractivity contribution is 5.88. The number of nitrogens with zero attached hydrogens (tertiary/aromatic N) is 1. The molecule has 0 rings (SSSR count). The Morgan fingerprint density at radius 1 is 0.783 bits per heavy atom. The summed E-state index contributed by atoms with van der Waals surface area (Å²) >= 11 is 0. The Hall–Kier alpha value is -0.630. The van der Waals surface area contributed by atoms with Crippen LogP contribution in [0.5, 0.6) is 0 Å². The second-order valence-corrected chi connectivity index (χ2v) is 7.69. The molecule has 0 aliphatic rings. The van der Waals surface area contributed by atoms with E-state index in [-0.39, 0.29) is 5.78 Å². The molecule has 0 spiro atoms. The average molecular weight is 325 g/mol. The fraction of sp³-hybridized carbons (Fsp3) is 0.857. The number of carbonyl (C=O) groups excluding carboxylic acids is 1. The monoisotopic (exact) mass is 324 g/mol. The first kappa shape index (κ1) is 22.4. The number of hydrogen-bond acceptors (Lipinski definition) is 1. The van der Waals surface area contributed by atoms with Crippen LogP contribution in [-0.2, 0) is 4.79 Å². The van der Waals surface area contributed by atoms with Crippen LogP contribution in [0.4, 0.5) is 0 Å². The predicted octanol–water partition coefficient (Wildman–Crippen LogP) is 5.91. The Kier molecular flexibility index (Phi) is 14.5. The van der Waals surface area contributed by atoms with E-state index in [1.165, 1.54) is 83.4 Å². The maximum atomic E-state index is 11.2. The van der Waals surface area contributed by atoms with Crippen molar-refractivity contribution >= 4 is 5.78 Å². The topological polar surface area (TPSA) is 17.1 Å². The van der Waals surface area contributed by atoms with Crippen LogP contribution in [-0.4, -0.2) is 37.5 Å². The van der Waals surface area contributed by atoms with Crippen LogP contribution in [0.2, 0.25) is 0 Å². The highest BCUT2D eigenvalue weighted by Gasteiger charge is 2.13. The van der Waals surface area contributed by atoms with Gasteiger partial charge < -0.3 is 4.48 Å². The van der Waals surface area contributed by atoms with Gasteiger partial charge in [0.05, 0.1) is 27.2 Å². The minimum Gasteiger partial charge on any atom is -0.328 e. The fourth-order valence-corrected chi connectivity index (χ4v) is 3.08. The highest BCUT2D eigenvalue weighted by Crippen LogP contribution is 2.12. The van der Waals surface area contributed by atoms with E-state index in [1.807, 2.05) is 0 Å². The van der Waals surface area contributed by atoms with E-state index < -0.39 is 0 Å². The van der Waals surface area contributed by atoms with E-state index in [9.17, 15) is 4.79 Å². The first-order valence-corrected chi connectivity index (χ1v) is 9.99. The molecule has 0 aromatic heterocycles. The minimum absolute atomic E-state index is 0.185. The van der Waals surface area contributed by atoms with Gasteiger partial charge in [-0.15, -0.1) is 0 Å². The molecule has 136 valence electrons. The van der Waals surface area contributed by atoms with Crippen LogP contribution in [0, 0.1) is 0 Å². The molecule has 0 heterocycles. The third kappa shape index (κ3) is 16.0. The molecule has 0 fully saturated rings. The van der Waals surface area contributed by atoms with Crippen LogP contribution >= 0.6 is 0 Å². The molecule has 2 heteroatoms. The summed E-state index contributed by atoms with van der Waals surface area (Å²) in [5, 5.41) is 0. The van der Waals surface area contributed by atoms with Crippen LogP contribution in [0.25, 0.3) is 0 Å². The number of rotatable bonds is 17. The fourth-order valence-electron chi connectivity index (χ4n) is 3.08. The van der Waals surface area contributed by atoms with Crippen molar-refractivity contribution in [2.45, 2.75) is 90.4 Å². The lowest BCUT2D eigenvalue weighted by atomic mass is 10.1. The zero-order valence-electron chi connectivity index (χ0n) is 16.2. The van der Waals surface area contributed by atoms with Crippen LogP contribution in [0.1, 0.15) is 90.4 Å². The van der Waals surface area contributed by atoms with Gasteiger partial charge >= 0.3 is 0 Å². The number of unbranched alkanes of at least 4 members (excludes halogenated alkanes) is 10. The van der Waals surface area contributed by atoms with Crippen molar-refractivity contribution < 1.29 is 9.28 Å². The highest BCUT2D eigenvalue weighted by atomic mass is 16.1. The molecule has 0 atom stereocenters. The second-order valence-electron chi connectivity index (χ2n) is 7.69. The normalized spacial score (nSPS) is 11.6. The summed E-state index contributed by atoms with van der Waals surface area (Å²) in [6, 6.07) is 0. The smallest absolute Gasteiger partial charge is 0.155 e. The Morgan fingerprint density at radius 3 is 1.70 bits per heavy atom. The standard InChI is InChI=1S/C21H42NO/c1-5-7-8-9-10-11-12-13-14-16-19-22(3,4)20-17-15-18-21(23)6-2/h6H,2,5,7-20H2,1,3-4H3/q+1. The quantitative estimate of drug-likeness (QED) is 0.185. The van der Waals surface area contributed by atoms with Crippen molar-refractivity contribution in [2.75, 3.05) is 27.2 Å². The summed E-state index contributed by atoms with van der Waals surface area (Å²) in [5.41, 5.74) is 0. The zero-order valence-corrected chi connectivity index (χ0v) is 16.2. The SMILES string of the molecule is C=CC(=O)CCCC[N+](C)(C)CCCCCCCCCCCC. The van der Waals surface area contributed by atoms with E-state index in [0.717, 1.165) is 17.3 Å². The molecule has 0 saturated heterocycles. The molecule has 0 amide bonds. The summed E-state index contributed by atoms with van der Waals surface area (Å²) in [6.45, 7) is 8.25. The lowest BCUT2D eigenvalue weighted by Crippen LogP contribution is -2.41. The molecule has 0 saturated carbocycles. The Labute approximate surface area is 145 Å². The van der Waals surface area contributed by atoms with Crippen molar-refractivity contribution in [3.8, 4) is 0 Å². The molecule has 0 N–H and O–H groups in total. The van der Waals surface area contributed by atoms with Crippen molar-refractivity contribution in [1.29, 1.82) is 0 Å². The second kappa shape index (κ2) is 14.9. The van der Waals surface area contributed by atoms with Crippen molar-refractivity contribution in [3.63, 3.8) is 0 Å². The van der Waals surface area contributed by atoms with Gasteiger partial charge in [0.2, 0.25) is 0 Å². The van der Waals surface area contributed by atoms with Crippen molar-refractivity contribution in [3.05, 3.63) is 12.7 Å². The molecule has 0 aromatic carbocycles. The Bertz CT molecular complexity index is 296. The van der Waals surface area contributed by atoms with Gasteiger partial charge in [0.1, 0.15) is 0 Å². The number of quaternary nitrogens is 1. The maximum Gasteiger partial charge on any atom is 0.155 e. The van der Waals surface area contributed by atoms with Crippen LogP contribution < -0.4 is 0 Å². The van der Waals surface area contributed by atoms with Gasteiger partial charge in [0.15, 0.2) is 5.78 Å². The molecule has 0 aromatic rings. The third-order valence-corrected chi connectivity index (χ3v) is 4.78. The predicted molar refractivity (Wildman–Crippen MR) is 103 cm³/mol. The van der Waals surface area contributed by atoms with Gasteiger partial charge in [0, 0.05) is 6.42 Å². The Balaban J connectivity index is 3.41. The summed E-state index contributed by atoms with van der Waals surface area (Å²) < 4.78 is 1.10. The lowest BCUT2D eigenvalue weighted by Gasteiger charge is -2.30. The summed E-state index contributed by atoms with van der Waals surface area (Å²) in [5.74, 6) is 0.185. The van der Waals surface area contributed by atoms with Crippen molar-refractivity contribution in [1.82, 2.24) is 0 Å². The minimum atomic E-state index is 0.185. The van der Waals surface area contributed by atoms with E-state index in [4.69, 9.17) is 0 Å². The molecular weight excluding hydrogens is 282 g/mol. The summed E-state index contributed by atoms with van der Waals surface area (Å²) in [4.78, 5) is 11.2. The molecular formula is C21H42NO+. The van der Waals surface area contributed by atoms with E-state index in [2.05, 4.69) is 27.6 Å². The van der Waals surface area contributed by atoms with E-state index in [0.29, 0.717) is 6.42 Å². The summed E-state index contributed by atoms with van der Waals surface area (Å²) in [6.07, 6.45) is 18.3. The number of hydrogen-bond donors (Lipinski definition) is 0.